The van der Waals surface area contributed by atoms with E-state index < -0.39 is 0 Å². The first-order valence-electron chi connectivity index (χ1n) is 8.25. The van der Waals surface area contributed by atoms with Gasteiger partial charge in [0.1, 0.15) is 0 Å². The van der Waals surface area contributed by atoms with Crippen LogP contribution >= 0.6 is 24.8 Å². The first-order chi connectivity index (χ1) is 9.56. The first-order valence-corrected chi connectivity index (χ1v) is 8.25. The number of hydrogen-bond acceptors (Lipinski definition) is 3. The first kappa shape index (κ1) is 20.0. The third-order valence-corrected chi connectivity index (χ3v) is 5.90. The summed E-state index contributed by atoms with van der Waals surface area (Å²) in [6, 6.07) is 0.123. The monoisotopic (exact) mass is 351 g/mol. The second-order valence-corrected chi connectivity index (χ2v) is 7.43. The number of piperidine rings is 1. The molecule has 1 amide bonds. The second-order valence-electron chi connectivity index (χ2n) is 7.43. The van der Waals surface area contributed by atoms with Crippen molar-refractivity contribution in [1.29, 1.82) is 0 Å². The number of carbonyl (C=O) groups excluding carboxylic acids is 1. The van der Waals surface area contributed by atoms with Crippen molar-refractivity contribution in [3.05, 3.63) is 0 Å². The smallest absolute Gasteiger partial charge is 0.227 e. The number of amides is 1. The van der Waals surface area contributed by atoms with E-state index in [1.807, 2.05) is 11.9 Å². The van der Waals surface area contributed by atoms with Crippen molar-refractivity contribution in [2.24, 2.45) is 29.4 Å². The van der Waals surface area contributed by atoms with Gasteiger partial charge < -0.3 is 15.5 Å². The summed E-state index contributed by atoms with van der Waals surface area (Å²) in [4.78, 5) is 17.1. The van der Waals surface area contributed by atoms with Crippen LogP contribution in [0.25, 0.3) is 0 Å². The van der Waals surface area contributed by atoms with Gasteiger partial charge in [0.15, 0.2) is 0 Å². The van der Waals surface area contributed by atoms with Gasteiger partial charge in [-0.15, -0.1) is 24.8 Å². The lowest BCUT2D eigenvalue weighted by molar-refractivity contribution is -0.137. The van der Waals surface area contributed by atoms with Crippen LogP contribution in [-0.4, -0.2) is 55.5 Å². The van der Waals surface area contributed by atoms with Crippen molar-refractivity contribution >= 4 is 30.7 Å². The molecule has 2 saturated carbocycles. The largest absolute Gasteiger partial charge is 0.345 e. The molecule has 5 atom stereocenters. The number of carbonyl (C=O) groups is 1. The third kappa shape index (κ3) is 3.89. The average Bonchev–Trinajstić information content (AvgIpc) is 2.98. The van der Waals surface area contributed by atoms with Gasteiger partial charge in [0.05, 0.1) is 5.92 Å². The van der Waals surface area contributed by atoms with Gasteiger partial charge in [-0.2, -0.15) is 0 Å². The highest BCUT2D eigenvalue weighted by atomic mass is 35.5. The fourth-order valence-electron chi connectivity index (χ4n) is 4.86. The summed E-state index contributed by atoms with van der Waals surface area (Å²) in [6.45, 7) is 3.23. The zero-order valence-electron chi connectivity index (χ0n) is 13.7. The Kier molecular flexibility index (Phi) is 7.44. The average molecular weight is 352 g/mol. The molecule has 0 aromatic rings. The van der Waals surface area contributed by atoms with E-state index in [1.54, 1.807) is 0 Å². The number of halogens is 2. The SMILES string of the molecule is CN1CCCC(CN(C)C(=O)C2C3CCC(C3)C2N)C1.Cl.Cl. The van der Waals surface area contributed by atoms with Crippen molar-refractivity contribution in [3.63, 3.8) is 0 Å². The van der Waals surface area contributed by atoms with Crippen LogP contribution in [0.3, 0.4) is 0 Å². The summed E-state index contributed by atoms with van der Waals surface area (Å²) in [5.41, 5.74) is 6.30. The standard InChI is InChI=1S/C16H29N3O.2ClH/c1-18-7-3-4-11(9-18)10-19(2)16(20)14-12-5-6-13(8-12)15(14)17;;/h11-15H,3-10,17H2,1-2H3;2*1H. The van der Waals surface area contributed by atoms with Gasteiger partial charge in [-0.3, -0.25) is 4.79 Å². The molecule has 2 aliphatic carbocycles. The summed E-state index contributed by atoms with van der Waals surface area (Å²) in [6.07, 6.45) is 6.17. The van der Waals surface area contributed by atoms with E-state index in [-0.39, 0.29) is 36.8 Å². The molecule has 1 aliphatic heterocycles. The number of nitrogens with two attached hydrogens (primary N) is 1. The maximum absolute atomic E-state index is 12.7. The van der Waals surface area contributed by atoms with Crippen molar-refractivity contribution in [1.82, 2.24) is 9.80 Å². The van der Waals surface area contributed by atoms with Crippen LogP contribution < -0.4 is 5.73 Å². The van der Waals surface area contributed by atoms with Crippen molar-refractivity contribution in [3.8, 4) is 0 Å². The van der Waals surface area contributed by atoms with Gasteiger partial charge >= 0.3 is 0 Å². The Morgan fingerprint density at radius 3 is 2.50 bits per heavy atom. The molecule has 0 aromatic carbocycles. The molecule has 0 spiro atoms. The minimum atomic E-state index is 0. The fourth-order valence-corrected chi connectivity index (χ4v) is 4.86. The fraction of sp³-hybridized carbons (Fsp3) is 0.938. The highest BCUT2D eigenvalue weighted by Gasteiger charge is 2.49. The summed E-state index contributed by atoms with van der Waals surface area (Å²) in [7, 11) is 4.16. The van der Waals surface area contributed by atoms with Gasteiger partial charge in [0.25, 0.3) is 0 Å². The van der Waals surface area contributed by atoms with Crippen LogP contribution in [0, 0.1) is 23.7 Å². The van der Waals surface area contributed by atoms with E-state index in [2.05, 4.69) is 11.9 Å². The second kappa shape index (κ2) is 8.18. The van der Waals surface area contributed by atoms with E-state index in [9.17, 15) is 4.79 Å². The molecule has 4 nitrogen and oxygen atoms in total. The van der Waals surface area contributed by atoms with Crippen molar-refractivity contribution in [2.45, 2.75) is 38.1 Å². The Morgan fingerprint density at radius 2 is 1.91 bits per heavy atom. The maximum Gasteiger partial charge on any atom is 0.227 e. The van der Waals surface area contributed by atoms with Crippen LogP contribution in [-0.2, 0) is 4.79 Å². The summed E-state index contributed by atoms with van der Waals surface area (Å²) >= 11 is 0. The molecule has 5 unspecified atom stereocenters. The molecule has 3 rings (SSSR count). The number of nitrogens with zero attached hydrogens (tertiary/aromatic N) is 2. The molecule has 0 aromatic heterocycles. The minimum absolute atomic E-state index is 0. The number of rotatable bonds is 3. The third-order valence-electron chi connectivity index (χ3n) is 5.90. The van der Waals surface area contributed by atoms with Gasteiger partial charge in [-0.05, 0) is 63.5 Å². The van der Waals surface area contributed by atoms with E-state index in [0.717, 1.165) is 13.1 Å². The van der Waals surface area contributed by atoms with E-state index in [4.69, 9.17) is 5.73 Å². The number of likely N-dealkylation sites (tertiary alicyclic amines) is 1. The quantitative estimate of drug-likeness (QED) is 0.845. The Labute approximate surface area is 147 Å². The molecule has 3 aliphatic rings. The molecule has 3 fully saturated rings. The lowest BCUT2D eigenvalue weighted by atomic mass is 9.84. The van der Waals surface area contributed by atoms with Crippen LogP contribution in [0.2, 0.25) is 0 Å². The van der Waals surface area contributed by atoms with Crippen molar-refractivity contribution in [2.75, 3.05) is 33.7 Å². The van der Waals surface area contributed by atoms with E-state index in [0.29, 0.717) is 23.7 Å². The lowest BCUT2D eigenvalue weighted by Gasteiger charge is -2.35. The lowest BCUT2D eigenvalue weighted by Crippen LogP contribution is -2.48. The molecule has 1 heterocycles. The predicted octanol–water partition coefficient (Wildman–Crippen LogP) is 2.00. The van der Waals surface area contributed by atoms with Gasteiger partial charge in [0.2, 0.25) is 5.91 Å². The maximum atomic E-state index is 12.7. The van der Waals surface area contributed by atoms with Crippen LogP contribution in [0.5, 0.6) is 0 Å². The van der Waals surface area contributed by atoms with Gasteiger partial charge in [-0.25, -0.2) is 0 Å². The molecule has 1 saturated heterocycles. The Hall–Kier alpha value is -0.0300. The Morgan fingerprint density at radius 1 is 1.23 bits per heavy atom. The molecule has 2 bridgehead atoms. The van der Waals surface area contributed by atoms with Crippen LogP contribution in [0.1, 0.15) is 32.1 Å². The van der Waals surface area contributed by atoms with Crippen LogP contribution in [0.15, 0.2) is 0 Å². The zero-order chi connectivity index (χ0) is 14.3. The molecule has 0 radical (unpaired) electrons. The van der Waals surface area contributed by atoms with Crippen molar-refractivity contribution < 1.29 is 4.79 Å². The molecule has 2 N–H and O–H groups in total. The summed E-state index contributed by atoms with van der Waals surface area (Å²) in [5.74, 6) is 2.25. The van der Waals surface area contributed by atoms with Crippen LogP contribution in [0.4, 0.5) is 0 Å². The van der Waals surface area contributed by atoms with Gasteiger partial charge in [0, 0.05) is 26.2 Å². The summed E-state index contributed by atoms with van der Waals surface area (Å²) in [5, 5.41) is 0. The molecular formula is C16H31Cl2N3O. The highest BCUT2D eigenvalue weighted by molar-refractivity contribution is 5.85. The van der Waals surface area contributed by atoms with E-state index in [1.165, 1.54) is 38.6 Å². The molecule has 130 valence electrons. The number of fused-ring (bicyclic) bond motifs is 2. The highest BCUT2D eigenvalue weighted by Crippen LogP contribution is 2.48. The number of hydrogen-bond donors (Lipinski definition) is 1. The summed E-state index contributed by atoms with van der Waals surface area (Å²) < 4.78 is 0. The Balaban J connectivity index is 0.00000121. The molecular weight excluding hydrogens is 321 g/mol. The zero-order valence-corrected chi connectivity index (χ0v) is 15.4. The topological polar surface area (TPSA) is 49.6 Å². The molecule has 22 heavy (non-hydrogen) atoms. The minimum Gasteiger partial charge on any atom is -0.345 e. The normalized spacial score (nSPS) is 37.3. The van der Waals surface area contributed by atoms with Gasteiger partial charge in [-0.1, -0.05) is 0 Å². The predicted molar refractivity (Wildman–Crippen MR) is 94.7 cm³/mol. The Bertz CT molecular complexity index is 380. The molecule has 6 heteroatoms. The van der Waals surface area contributed by atoms with E-state index >= 15 is 0 Å².